The number of para-hydroxylation sites is 1. The van der Waals surface area contributed by atoms with Crippen LogP contribution in [0.25, 0.3) is 0 Å². The Hall–Kier alpha value is -3.67. The van der Waals surface area contributed by atoms with Crippen molar-refractivity contribution in [1.82, 2.24) is 4.90 Å². The number of piperidine rings is 1. The van der Waals surface area contributed by atoms with Crippen LogP contribution in [0.1, 0.15) is 28.8 Å². The van der Waals surface area contributed by atoms with E-state index in [9.17, 15) is 18.4 Å². The third-order valence-corrected chi connectivity index (χ3v) is 4.88. The van der Waals surface area contributed by atoms with Crippen LogP contribution in [0.3, 0.4) is 0 Å². The molecule has 1 aliphatic rings. The molecule has 0 spiro atoms. The lowest BCUT2D eigenvalue weighted by Crippen LogP contribution is -2.43. The predicted octanol–water partition coefficient (Wildman–Crippen LogP) is 3.63. The summed E-state index contributed by atoms with van der Waals surface area (Å²) in [7, 11) is 1.40. The van der Waals surface area contributed by atoms with Crippen LogP contribution >= 0.6 is 0 Å². The standard InChI is InChI=1S/C22H20F2N2O5/c1-29-19-11-14(12-25)8-9-18(19)30-21(28)15-5-4-10-26(13-15)20(27)16-6-2-3-7-17(16)31-22(23)24/h2-3,6-9,11,15,22H,4-5,10,13H2,1H3. The maximum atomic E-state index is 12.9. The predicted molar refractivity (Wildman–Crippen MR) is 105 cm³/mol. The van der Waals surface area contributed by atoms with Crippen molar-refractivity contribution in [2.45, 2.75) is 19.5 Å². The van der Waals surface area contributed by atoms with E-state index < -0.39 is 24.4 Å². The summed E-state index contributed by atoms with van der Waals surface area (Å²) in [4.78, 5) is 27.0. The minimum atomic E-state index is -3.06. The van der Waals surface area contributed by atoms with Crippen LogP contribution in [-0.4, -0.2) is 43.6 Å². The summed E-state index contributed by atoms with van der Waals surface area (Å²) in [5.41, 5.74) is 0.362. The van der Waals surface area contributed by atoms with Gasteiger partial charge in [0.2, 0.25) is 0 Å². The molecule has 0 aliphatic carbocycles. The van der Waals surface area contributed by atoms with Crippen LogP contribution in [-0.2, 0) is 4.79 Å². The lowest BCUT2D eigenvalue weighted by Gasteiger charge is -2.32. The highest BCUT2D eigenvalue weighted by atomic mass is 19.3. The molecular weight excluding hydrogens is 410 g/mol. The summed E-state index contributed by atoms with van der Waals surface area (Å²) in [6.45, 7) is -2.59. The number of halogens is 2. The van der Waals surface area contributed by atoms with Gasteiger partial charge in [0.25, 0.3) is 5.91 Å². The van der Waals surface area contributed by atoms with Crippen molar-refractivity contribution in [3.63, 3.8) is 0 Å². The van der Waals surface area contributed by atoms with Gasteiger partial charge in [-0.25, -0.2) is 0 Å². The van der Waals surface area contributed by atoms with Gasteiger partial charge in [0.1, 0.15) is 5.75 Å². The summed E-state index contributed by atoms with van der Waals surface area (Å²) in [5.74, 6) is -1.43. The van der Waals surface area contributed by atoms with Gasteiger partial charge in [0.15, 0.2) is 11.5 Å². The molecule has 1 amide bonds. The smallest absolute Gasteiger partial charge is 0.387 e. The Bertz CT molecular complexity index is 1010. The number of esters is 1. The first-order chi connectivity index (χ1) is 14.9. The van der Waals surface area contributed by atoms with Crippen LogP contribution in [0.5, 0.6) is 17.2 Å². The average Bonchev–Trinajstić information content (AvgIpc) is 2.79. The first-order valence-corrected chi connectivity index (χ1v) is 9.56. The lowest BCUT2D eigenvalue weighted by atomic mass is 9.97. The first kappa shape index (κ1) is 22.0. The Kier molecular flexibility index (Phi) is 7.03. The largest absolute Gasteiger partial charge is 0.493 e. The second-order valence-corrected chi connectivity index (χ2v) is 6.86. The third kappa shape index (κ3) is 5.28. The number of carbonyl (C=O) groups is 2. The SMILES string of the molecule is COc1cc(C#N)ccc1OC(=O)C1CCCN(C(=O)c2ccccc2OC(F)F)C1. The molecule has 7 nitrogen and oxygen atoms in total. The molecule has 1 atom stereocenters. The maximum absolute atomic E-state index is 12.9. The summed E-state index contributed by atoms with van der Waals surface area (Å²) in [6.07, 6.45) is 1.06. The monoisotopic (exact) mass is 430 g/mol. The summed E-state index contributed by atoms with van der Waals surface area (Å²) in [6, 6.07) is 12.2. The van der Waals surface area contributed by atoms with Gasteiger partial charge >= 0.3 is 12.6 Å². The molecule has 0 N–H and O–H groups in total. The summed E-state index contributed by atoms with van der Waals surface area (Å²) in [5, 5.41) is 8.98. The number of carbonyl (C=O) groups excluding carboxylic acids is 2. The molecule has 1 fully saturated rings. The summed E-state index contributed by atoms with van der Waals surface area (Å²) < 4.78 is 40.4. The van der Waals surface area contributed by atoms with Gasteiger partial charge in [-0.2, -0.15) is 14.0 Å². The fraction of sp³-hybridized carbons (Fsp3) is 0.318. The van der Waals surface area contributed by atoms with E-state index in [0.717, 1.165) is 0 Å². The molecule has 1 heterocycles. The van der Waals surface area contributed by atoms with Crippen molar-refractivity contribution in [2.24, 2.45) is 5.92 Å². The highest BCUT2D eigenvalue weighted by Gasteiger charge is 2.32. The number of rotatable bonds is 6. The molecular formula is C22H20F2N2O5. The van der Waals surface area contributed by atoms with Gasteiger partial charge in [-0.3, -0.25) is 9.59 Å². The van der Waals surface area contributed by atoms with Gasteiger partial charge in [-0.05, 0) is 37.1 Å². The molecule has 0 saturated carbocycles. The topological polar surface area (TPSA) is 88.9 Å². The molecule has 1 saturated heterocycles. The number of nitriles is 1. The second-order valence-electron chi connectivity index (χ2n) is 6.86. The average molecular weight is 430 g/mol. The van der Waals surface area contributed by atoms with Gasteiger partial charge < -0.3 is 19.1 Å². The first-order valence-electron chi connectivity index (χ1n) is 9.56. The number of hydrogen-bond acceptors (Lipinski definition) is 6. The number of ether oxygens (including phenoxy) is 3. The Morgan fingerprint density at radius 3 is 2.65 bits per heavy atom. The van der Waals surface area contributed by atoms with Crippen molar-refractivity contribution >= 4 is 11.9 Å². The summed E-state index contributed by atoms with van der Waals surface area (Å²) >= 11 is 0. The van der Waals surface area contributed by atoms with E-state index >= 15 is 0 Å². The zero-order valence-corrected chi connectivity index (χ0v) is 16.7. The van der Waals surface area contributed by atoms with Gasteiger partial charge in [0, 0.05) is 19.2 Å². The highest BCUT2D eigenvalue weighted by molar-refractivity contribution is 5.97. The van der Waals surface area contributed by atoms with Crippen molar-refractivity contribution in [3.05, 3.63) is 53.6 Å². The van der Waals surface area contributed by atoms with Crippen LogP contribution in [0, 0.1) is 17.2 Å². The number of benzene rings is 2. The maximum Gasteiger partial charge on any atom is 0.387 e. The van der Waals surface area contributed by atoms with E-state index in [1.165, 1.54) is 48.4 Å². The van der Waals surface area contributed by atoms with Crippen molar-refractivity contribution < 1.29 is 32.6 Å². The molecule has 1 aliphatic heterocycles. The van der Waals surface area contributed by atoms with Crippen molar-refractivity contribution in [2.75, 3.05) is 20.2 Å². The molecule has 9 heteroatoms. The van der Waals surface area contributed by atoms with Crippen LogP contribution in [0.4, 0.5) is 8.78 Å². The van der Waals surface area contributed by atoms with E-state index in [1.807, 2.05) is 6.07 Å². The Morgan fingerprint density at radius 1 is 1.16 bits per heavy atom. The highest BCUT2D eigenvalue weighted by Crippen LogP contribution is 2.30. The number of likely N-dealkylation sites (tertiary alicyclic amines) is 1. The van der Waals surface area contributed by atoms with Crippen molar-refractivity contribution in [3.8, 4) is 23.3 Å². The molecule has 2 aromatic carbocycles. The number of nitrogens with zero attached hydrogens (tertiary/aromatic N) is 2. The molecule has 162 valence electrons. The fourth-order valence-electron chi connectivity index (χ4n) is 3.38. The normalized spacial score (nSPS) is 15.8. The minimum Gasteiger partial charge on any atom is -0.493 e. The van der Waals surface area contributed by atoms with E-state index in [2.05, 4.69) is 4.74 Å². The second kappa shape index (κ2) is 9.89. The molecule has 31 heavy (non-hydrogen) atoms. The van der Waals surface area contributed by atoms with Crippen molar-refractivity contribution in [1.29, 1.82) is 5.26 Å². The molecule has 0 radical (unpaired) electrons. The minimum absolute atomic E-state index is 0.00517. The third-order valence-electron chi connectivity index (χ3n) is 4.88. The van der Waals surface area contributed by atoms with E-state index in [0.29, 0.717) is 24.9 Å². The van der Waals surface area contributed by atoms with Crippen LogP contribution in [0.2, 0.25) is 0 Å². The van der Waals surface area contributed by atoms with E-state index in [4.69, 9.17) is 14.7 Å². The molecule has 2 aromatic rings. The zero-order chi connectivity index (χ0) is 22.4. The van der Waals surface area contributed by atoms with Gasteiger partial charge in [0.05, 0.1) is 30.2 Å². The van der Waals surface area contributed by atoms with Gasteiger partial charge in [-0.15, -0.1) is 0 Å². The Labute approximate surface area is 177 Å². The number of methoxy groups -OCH3 is 1. The molecule has 0 bridgehead atoms. The lowest BCUT2D eigenvalue weighted by molar-refractivity contribution is -0.140. The van der Waals surface area contributed by atoms with E-state index in [-0.39, 0.29) is 29.4 Å². The van der Waals surface area contributed by atoms with E-state index in [1.54, 1.807) is 6.07 Å². The quantitative estimate of drug-likeness (QED) is 0.514. The van der Waals surface area contributed by atoms with Gasteiger partial charge in [-0.1, -0.05) is 12.1 Å². The van der Waals surface area contributed by atoms with Crippen LogP contribution in [0.15, 0.2) is 42.5 Å². The Morgan fingerprint density at radius 2 is 1.94 bits per heavy atom. The molecule has 3 rings (SSSR count). The number of hydrogen-bond donors (Lipinski definition) is 0. The zero-order valence-electron chi connectivity index (χ0n) is 16.7. The number of amides is 1. The fourth-order valence-corrected chi connectivity index (χ4v) is 3.38. The molecule has 0 aromatic heterocycles. The Balaban J connectivity index is 1.72. The van der Waals surface area contributed by atoms with Crippen LogP contribution < -0.4 is 14.2 Å². The number of alkyl halides is 2. The molecule has 1 unspecified atom stereocenters.